The van der Waals surface area contributed by atoms with Gasteiger partial charge in [0.2, 0.25) is 0 Å². The third-order valence-corrected chi connectivity index (χ3v) is 8.73. The number of rotatable bonds is 6. The number of anilines is 1. The fourth-order valence-electron chi connectivity index (χ4n) is 6.19. The number of carboxylic acids is 1. The molecule has 4 fully saturated rings. The SMILES string of the molecule is O=C(O)C12CCC(COC3CCN(c4ccc(-c5nc6c(F)cccc6[nH]5)cn4)CC3)(CC1)CC2. The van der Waals surface area contributed by atoms with Crippen LogP contribution in [0.25, 0.3) is 22.4 Å². The standard InChI is InChI=1S/C27H31FN4O3/c28-20-2-1-3-21-23(20)31-24(30-21)18-4-5-22(29-16-18)32-14-6-19(7-15-32)35-17-26-8-11-27(12-9-26,13-10-26)25(33)34/h1-5,16,19H,6-15,17H2,(H,30,31)(H,33,34). The summed E-state index contributed by atoms with van der Waals surface area (Å²) in [5, 5.41) is 9.60. The van der Waals surface area contributed by atoms with Gasteiger partial charge in [0.1, 0.15) is 17.2 Å². The van der Waals surface area contributed by atoms with Gasteiger partial charge in [-0.05, 0) is 81.0 Å². The lowest BCUT2D eigenvalue weighted by Gasteiger charge is -2.51. The first kappa shape index (κ1) is 22.5. The molecule has 3 aliphatic carbocycles. The van der Waals surface area contributed by atoms with E-state index in [1.54, 1.807) is 12.3 Å². The van der Waals surface area contributed by atoms with Gasteiger partial charge in [-0.15, -0.1) is 0 Å². The Morgan fingerprint density at radius 3 is 2.49 bits per heavy atom. The van der Waals surface area contributed by atoms with Crippen molar-refractivity contribution in [2.24, 2.45) is 10.8 Å². The summed E-state index contributed by atoms with van der Waals surface area (Å²) in [7, 11) is 0. The number of ether oxygens (including phenoxy) is 1. The van der Waals surface area contributed by atoms with Gasteiger partial charge in [-0.1, -0.05) is 6.07 Å². The molecule has 0 unspecified atom stereocenters. The Balaban J connectivity index is 1.03. The summed E-state index contributed by atoms with van der Waals surface area (Å²) in [6.07, 6.45) is 9.29. The van der Waals surface area contributed by atoms with E-state index in [0.717, 1.165) is 82.4 Å². The third-order valence-electron chi connectivity index (χ3n) is 8.73. The van der Waals surface area contributed by atoms with Crippen LogP contribution in [0.15, 0.2) is 36.5 Å². The van der Waals surface area contributed by atoms with Crippen LogP contribution in [-0.2, 0) is 9.53 Å². The monoisotopic (exact) mass is 478 g/mol. The molecule has 4 aliphatic rings. The van der Waals surface area contributed by atoms with Crippen LogP contribution in [0.3, 0.4) is 0 Å². The first-order valence-electron chi connectivity index (χ1n) is 12.7. The number of halogens is 1. The molecule has 1 saturated heterocycles. The predicted octanol–water partition coefficient (Wildman–Crippen LogP) is 5.17. The zero-order valence-corrected chi connectivity index (χ0v) is 19.8. The third kappa shape index (κ3) is 4.07. The van der Waals surface area contributed by atoms with Crippen LogP contribution in [0, 0.1) is 16.6 Å². The minimum absolute atomic E-state index is 0.186. The van der Waals surface area contributed by atoms with Gasteiger partial charge in [0.05, 0.1) is 23.6 Å². The van der Waals surface area contributed by atoms with Gasteiger partial charge in [0.15, 0.2) is 5.82 Å². The fraction of sp³-hybridized carbons (Fsp3) is 0.519. The van der Waals surface area contributed by atoms with Gasteiger partial charge in [0.25, 0.3) is 0 Å². The highest BCUT2D eigenvalue weighted by Crippen LogP contribution is 2.57. The van der Waals surface area contributed by atoms with E-state index in [1.807, 2.05) is 18.2 Å². The quantitative estimate of drug-likeness (QED) is 0.508. The summed E-state index contributed by atoms with van der Waals surface area (Å²) >= 11 is 0. The largest absolute Gasteiger partial charge is 0.481 e. The topological polar surface area (TPSA) is 91.3 Å². The molecule has 0 atom stereocenters. The van der Waals surface area contributed by atoms with Crippen molar-refractivity contribution < 1.29 is 19.0 Å². The average Bonchev–Trinajstić information content (AvgIpc) is 3.35. The first-order chi connectivity index (χ1) is 17.0. The lowest BCUT2D eigenvalue weighted by molar-refractivity contribution is -0.162. The van der Waals surface area contributed by atoms with Crippen molar-refractivity contribution in [3.63, 3.8) is 0 Å². The van der Waals surface area contributed by atoms with Crippen molar-refractivity contribution in [2.45, 2.75) is 57.5 Å². The molecule has 8 heteroatoms. The van der Waals surface area contributed by atoms with E-state index in [-0.39, 0.29) is 17.3 Å². The van der Waals surface area contributed by atoms with Crippen LogP contribution in [0.5, 0.6) is 0 Å². The van der Waals surface area contributed by atoms with Crippen LogP contribution in [0.2, 0.25) is 0 Å². The van der Waals surface area contributed by atoms with E-state index in [9.17, 15) is 14.3 Å². The summed E-state index contributed by atoms with van der Waals surface area (Å²) in [5.74, 6) is 0.603. The summed E-state index contributed by atoms with van der Waals surface area (Å²) in [6.45, 7) is 2.54. The fourth-order valence-corrected chi connectivity index (χ4v) is 6.19. The van der Waals surface area contributed by atoms with Gasteiger partial charge in [-0.2, -0.15) is 0 Å². The van der Waals surface area contributed by atoms with E-state index in [1.165, 1.54) is 6.07 Å². The molecule has 1 aromatic carbocycles. The molecular formula is C27H31FN4O3. The Bertz CT molecular complexity index is 1210. The number of hydrogen-bond acceptors (Lipinski definition) is 5. The van der Waals surface area contributed by atoms with Crippen LogP contribution >= 0.6 is 0 Å². The molecule has 7 rings (SSSR count). The number of aliphatic carboxylic acids is 1. The van der Waals surface area contributed by atoms with Crippen molar-refractivity contribution in [1.29, 1.82) is 0 Å². The molecule has 0 spiro atoms. The number of aromatic nitrogens is 3. The molecule has 3 heterocycles. The number of H-pyrrole nitrogens is 1. The number of benzene rings is 1. The number of carboxylic acid groups (broad SMARTS) is 1. The van der Waals surface area contributed by atoms with Gasteiger partial charge in [-0.3, -0.25) is 4.79 Å². The summed E-state index contributed by atoms with van der Waals surface area (Å²) in [5.41, 5.74) is 1.57. The number of fused-ring (bicyclic) bond motifs is 4. The van der Waals surface area contributed by atoms with Crippen molar-refractivity contribution in [3.05, 3.63) is 42.3 Å². The normalized spacial score (nSPS) is 26.9. The van der Waals surface area contributed by atoms with Crippen molar-refractivity contribution in [2.75, 3.05) is 24.6 Å². The average molecular weight is 479 g/mol. The second-order valence-corrected chi connectivity index (χ2v) is 10.7. The van der Waals surface area contributed by atoms with Crippen LogP contribution in [0.4, 0.5) is 10.2 Å². The van der Waals surface area contributed by atoms with Gasteiger partial charge in [-0.25, -0.2) is 14.4 Å². The zero-order chi connectivity index (χ0) is 24.0. The summed E-state index contributed by atoms with van der Waals surface area (Å²) in [4.78, 5) is 26.2. The number of nitrogens with zero attached hydrogens (tertiary/aromatic N) is 3. The maximum atomic E-state index is 14.0. The van der Waals surface area contributed by atoms with Gasteiger partial charge in [0, 0.05) is 24.8 Å². The Kier molecular flexibility index (Phi) is 5.51. The molecule has 1 aliphatic heterocycles. The molecule has 184 valence electrons. The number of para-hydroxylation sites is 1. The second-order valence-electron chi connectivity index (χ2n) is 10.7. The molecular weight excluding hydrogens is 447 g/mol. The van der Waals surface area contributed by atoms with Gasteiger partial charge < -0.3 is 19.7 Å². The van der Waals surface area contributed by atoms with Crippen LogP contribution in [0.1, 0.15) is 51.4 Å². The molecule has 2 bridgehead atoms. The van der Waals surface area contributed by atoms with Crippen molar-refractivity contribution in [1.82, 2.24) is 15.0 Å². The minimum Gasteiger partial charge on any atom is -0.481 e. The molecule has 2 aromatic heterocycles. The van der Waals surface area contributed by atoms with E-state index in [4.69, 9.17) is 4.74 Å². The number of carbonyl (C=O) groups is 1. The molecule has 0 radical (unpaired) electrons. The van der Waals surface area contributed by atoms with Crippen molar-refractivity contribution >= 4 is 22.8 Å². The van der Waals surface area contributed by atoms with E-state index >= 15 is 0 Å². The lowest BCUT2D eigenvalue weighted by atomic mass is 9.54. The number of hydrogen-bond donors (Lipinski definition) is 2. The van der Waals surface area contributed by atoms with Crippen molar-refractivity contribution in [3.8, 4) is 11.4 Å². The highest BCUT2D eigenvalue weighted by Gasteiger charge is 2.52. The van der Waals surface area contributed by atoms with E-state index < -0.39 is 11.4 Å². The highest BCUT2D eigenvalue weighted by atomic mass is 19.1. The maximum absolute atomic E-state index is 14.0. The number of aromatic amines is 1. The van der Waals surface area contributed by atoms with Crippen LogP contribution < -0.4 is 4.90 Å². The molecule has 7 nitrogen and oxygen atoms in total. The number of nitrogens with one attached hydrogen (secondary N) is 1. The number of pyridine rings is 1. The number of piperidine rings is 1. The summed E-state index contributed by atoms with van der Waals surface area (Å²) in [6, 6.07) is 8.87. The Morgan fingerprint density at radius 2 is 1.86 bits per heavy atom. The zero-order valence-electron chi connectivity index (χ0n) is 19.8. The molecule has 35 heavy (non-hydrogen) atoms. The van der Waals surface area contributed by atoms with Gasteiger partial charge >= 0.3 is 5.97 Å². The Labute approximate surface area is 203 Å². The molecule has 2 N–H and O–H groups in total. The second kappa shape index (κ2) is 8.59. The maximum Gasteiger partial charge on any atom is 0.309 e. The van der Waals surface area contributed by atoms with E-state index in [0.29, 0.717) is 16.9 Å². The smallest absolute Gasteiger partial charge is 0.309 e. The predicted molar refractivity (Wildman–Crippen MR) is 131 cm³/mol. The molecule has 3 saturated carbocycles. The molecule has 0 amide bonds. The van der Waals surface area contributed by atoms with E-state index in [2.05, 4.69) is 19.9 Å². The van der Waals surface area contributed by atoms with Crippen LogP contribution in [-0.4, -0.2) is 51.8 Å². The lowest BCUT2D eigenvalue weighted by Crippen LogP contribution is -2.48. The highest BCUT2D eigenvalue weighted by molar-refractivity contribution is 5.79. The minimum atomic E-state index is -0.604. The summed E-state index contributed by atoms with van der Waals surface area (Å²) < 4.78 is 20.4. The number of imidazole rings is 1. The Hall–Kier alpha value is -3.00. The Morgan fingerprint density at radius 1 is 1.11 bits per heavy atom. The first-order valence-corrected chi connectivity index (χ1v) is 12.7. The molecule has 3 aromatic rings.